The normalized spacial score (nSPS) is 10.2. The van der Waals surface area contributed by atoms with Gasteiger partial charge in [-0.15, -0.1) is 0 Å². The Hall–Kier alpha value is -1.03. The maximum Gasteiger partial charge on any atom is 0.119 e. The van der Waals surface area contributed by atoms with Crippen LogP contribution < -0.4 is 4.74 Å². The maximum atomic E-state index is 5.57. The largest absolute Gasteiger partial charge is 0.494 e. The Kier molecular flexibility index (Phi) is 4.42. The molecule has 0 aliphatic heterocycles. The van der Waals surface area contributed by atoms with Crippen molar-refractivity contribution in [2.24, 2.45) is 0 Å². The molecule has 0 atom stereocenters. The predicted octanol–water partition coefficient (Wildman–Crippen LogP) is 4.75. The molecular weight excluding hydrogens is 323 g/mol. The number of ether oxygens (including phenoxy) is 1. The highest BCUT2D eigenvalue weighted by molar-refractivity contribution is 14.1. The van der Waals surface area contributed by atoms with Gasteiger partial charge >= 0.3 is 0 Å². The van der Waals surface area contributed by atoms with E-state index >= 15 is 0 Å². The first-order valence-electron chi connectivity index (χ1n) is 5.78. The van der Waals surface area contributed by atoms with Gasteiger partial charge < -0.3 is 4.74 Å². The molecule has 2 aromatic rings. The van der Waals surface area contributed by atoms with Crippen molar-refractivity contribution in [3.8, 4) is 16.9 Å². The van der Waals surface area contributed by atoms with Gasteiger partial charge in [0, 0.05) is 3.57 Å². The fourth-order valence-electron chi connectivity index (χ4n) is 1.63. The Morgan fingerprint density at radius 3 is 2.41 bits per heavy atom. The molecule has 0 N–H and O–H groups in total. The van der Waals surface area contributed by atoms with Gasteiger partial charge in [0.2, 0.25) is 0 Å². The number of halogens is 1. The molecule has 0 amide bonds. The van der Waals surface area contributed by atoms with Crippen LogP contribution in [0.25, 0.3) is 11.1 Å². The molecule has 0 fully saturated rings. The van der Waals surface area contributed by atoms with E-state index < -0.39 is 0 Å². The van der Waals surface area contributed by atoms with Gasteiger partial charge in [0.25, 0.3) is 0 Å². The lowest BCUT2D eigenvalue weighted by Crippen LogP contribution is -1.94. The first-order valence-corrected chi connectivity index (χ1v) is 6.86. The Labute approximate surface area is 116 Å². The molecule has 0 saturated carbocycles. The summed E-state index contributed by atoms with van der Waals surface area (Å²) in [4.78, 5) is 0. The minimum Gasteiger partial charge on any atom is -0.494 e. The van der Waals surface area contributed by atoms with E-state index in [4.69, 9.17) is 4.74 Å². The van der Waals surface area contributed by atoms with Crippen LogP contribution in [0.2, 0.25) is 0 Å². The van der Waals surface area contributed by atoms with Crippen LogP contribution in [0.5, 0.6) is 5.75 Å². The monoisotopic (exact) mass is 338 g/mol. The zero-order valence-corrected chi connectivity index (χ0v) is 12.0. The van der Waals surface area contributed by atoms with Crippen LogP contribution in [-0.2, 0) is 0 Å². The van der Waals surface area contributed by atoms with E-state index in [0.717, 1.165) is 18.8 Å². The molecule has 0 saturated heterocycles. The van der Waals surface area contributed by atoms with E-state index in [1.54, 1.807) is 0 Å². The highest BCUT2D eigenvalue weighted by atomic mass is 127. The zero-order chi connectivity index (χ0) is 12.1. The maximum absolute atomic E-state index is 5.57. The highest BCUT2D eigenvalue weighted by Gasteiger charge is 1.99. The molecule has 0 aromatic heterocycles. The Balaban J connectivity index is 2.17. The summed E-state index contributed by atoms with van der Waals surface area (Å²) < 4.78 is 6.82. The third kappa shape index (κ3) is 3.46. The van der Waals surface area contributed by atoms with Gasteiger partial charge in [-0.1, -0.05) is 31.2 Å². The molecule has 0 unspecified atom stereocenters. The Morgan fingerprint density at radius 1 is 1.00 bits per heavy atom. The van der Waals surface area contributed by atoms with Crippen LogP contribution in [0.1, 0.15) is 13.3 Å². The number of benzene rings is 2. The highest BCUT2D eigenvalue weighted by Crippen LogP contribution is 2.23. The molecule has 0 bridgehead atoms. The van der Waals surface area contributed by atoms with Gasteiger partial charge in [-0.2, -0.15) is 0 Å². The smallest absolute Gasteiger partial charge is 0.119 e. The van der Waals surface area contributed by atoms with Crippen LogP contribution in [0.4, 0.5) is 0 Å². The molecule has 0 spiro atoms. The summed E-state index contributed by atoms with van der Waals surface area (Å²) in [5, 5.41) is 0. The van der Waals surface area contributed by atoms with Crippen LogP contribution in [0, 0.1) is 3.57 Å². The van der Waals surface area contributed by atoms with E-state index in [2.05, 4.69) is 65.9 Å². The van der Waals surface area contributed by atoms with Crippen LogP contribution in [0.15, 0.2) is 48.5 Å². The summed E-state index contributed by atoms with van der Waals surface area (Å²) in [6.45, 7) is 2.89. The van der Waals surface area contributed by atoms with Crippen molar-refractivity contribution in [3.63, 3.8) is 0 Å². The summed E-state index contributed by atoms with van der Waals surface area (Å²) in [6.07, 6.45) is 1.04. The van der Waals surface area contributed by atoms with Crippen LogP contribution in [-0.4, -0.2) is 6.61 Å². The fourth-order valence-corrected chi connectivity index (χ4v) is 2.17. The summed E-state index contributed by atoms with van der Waals surface area (Å²) in [7, 11) is 0. The quantitative estimate of drug-likeness (QED) is 0.731. The summed E-state index contributed by atoms with van der Waals surface area (Å²) in [5.74, 6) is 0.946. The molecule has 0 aliphatic rings. The Morgan fingerprint density at radius 2 is 1.76 bits per heavy atom. The van der Waals surface area contributed by atoms with Gasteiger partial charge in [-0.25, -0.2) is 0 Å². The van der Waals surface area contributed by atoms with Crippen molar-refractivity contribution in [1.82, 2.24) is 0 Å². The van der Waals surface area contributed by atoms with Gasteiger partial charge in [-0.05, 0) is 64.4 Å². The zero-order valence-electron chi connectivity index (χ0n) is 9.82. The molecular formula is C15H15IO. The minimum absolute atomic E-state index is 0.780. The summed E-state index contributed by atoms with van der Waals surface area (Å²) >= 11 is 2.33. The van der Waals surface area contributed by atoms with Crippen molar-refractivity contribution in [2.75, 3.05) is 6.61 Å². The third-order valence-corrected chi connectivity index (χ3v) is 3.16. The number of hydrogen-bond acceptors (Lipinski definition) is 1. The first kappa shape index (κ1) is 12.4. The van der Waals surface area contributed by atoms with E-state index in [0.29, 0.717) is 0 Å². The molecule has 2 heteroatoms. The summed E-state index contributed by atoms with van der Waals surface area (Å²) in [5.41, 5.74) is 2.48. The van der Waals surface area contributed by atoms with Crippen molar-refractivity contribution >= 4 is 22.6 Å². The average Bonchev–Trinajstić information content (AvgIpc) is 2.37. The van der Waals surface area contributed by atoms with Gasteiger partial charge in [0.15, 0.2) is 0 Å². The molecule has 1 nitrogen and oxygen atoms in total. The van der Waals surface area contributed by atoms with Crippen molar-refractivity contribution in [3.05, 3.63) is 52.1 Å². The summed E-state index contributed by atoms with van der Waals surface area (Å²) in [6, 6.07) is 16.8. The second-order valence-corrected chi connectivity index (χ2v) is 5.13. The van der Waals surface area contributed by atoms with Crippen LogP contribution >= 0.6 is 22.6 Å². The molecule has 0 aliphatic carbocycles. The number of hydrogen-bond donors (Lipinski definition) is 0. The molecule has 88 valence electrons. The second-order valence-electron chi connectivity index (χ2n) is 3.88. The van der Waals surface area contributed by atoms with E-state index in [-0.39, 0.29) is 0 Å². The molecule has 0 heterocycles. The lowest BCUT2D eigenvalue weighted by molar-refractivity contribution is 0.317. The molecule has 0 radical (unpaired) electrons. The van der Waals surface area contributed by atoms with E-state index in [9.17, 15) is 0 Å². The van der Waals surface area contributed by atoms with Crippen molar-refractivity contribution in [2.45, 2.75) is 13.3 Å². The first-order chi connectivity index (χ1) is 8.29. The molecule has 17 heavy (non-hydrogen) atoms. The van der Waals surface area contributed by atoms with Crippen molar-refractivity contribution < 1.29 is 4.74 Å². The lowest BCUT2D eigenvalue weighted by atomic mass is 10.1. The van der Waals surface area contributed by atoms with Crippen molar-refractivity contribution in [1.29, 1.82) is 0 Å². The molecule has 2 aromatic carbocycles. The average molecular weight is 338 g/mol. The lowest BCUT2D eigenvalue weighted by Gasteiger charge is -2.06. The van der Waals surface area contributed by atoms with Gasteiger partial charge in [0.05, 0.1) is 6.61 Å². The second kappa shape index (κ2) is 6.05. The third-order valence-electron chi connectivity index (χ3n) is 2.49. The standard InChI is InChI=1S/C15H15IO/c1-2-10-17-15-8-6-12(7-9-15)13-4-3-5-14(16)11-13/h3-9,11H,2,10H2,1H3. The van der Waals surface area contributed by atoms with Gasteiger partial charge in [0.1, 0.15) is 5.75 Å². The fraction of sp³-hybridized carbons (Fsp3) is 0.200. The SMILES string of the molecule is CCCOc1ccc(-c2cccc(I)c2)cc1. The number of rotatable bonds is 4. The predicted molar refractivity (Wildman–Crippen MR) is 80.4 cm³/mol. The topological polar surface area (TPSA) is 9.23 Å². The Bertz CT molecular complexity index is 477. The minimum atomic E-state index is 0.780. The van der Waals surface area contributed by atoms with E-state index in [1.807, 2.05) is 12.1 Å². The van der Waals surface area contributed by atoms with Gasteiger partial charge in [-0.3, -0.25) is 0 Å². The van der Waals surface area contributed by atoms with E-state index in [1.165, 1.54) is 14.7 Å². The molecule has 2 rings (SSSR count). The van der Waals surface area contributed by atoms with Crippen LogP contribution in [0.3, 0.4) is 0 Å².